The summed E-state index contributed by atoms with van der Waals surface area (Å²) in [4.78, 5) is 47.0. The van der Waals surface area contributed by atoms with Crippen molar-refractivity contribution in [1.29, 1.82) is 0 Å². The van der Waals surface area contributed by atoms with Crippen molar-refractivity contribution in [3.63, 3.8) is 0 Å². The second-order valence-corrected chi connectivity index (χ2v) is 8.40. The summed E-state index contributed by atoms with van der Waals surface area (Å²) in [6.45, 7) is 0. The Bertz CT molecular complexity index is 1640. The van der Waals surface area contributed by atoms with Gasteiger partial charge in [-0.25, -0.2) is 14.2 Å². The lowest BCUT2D eigenvalue weighted by Crippen LogP contribution is -2.25. The van der Waals surface area contributed by atoms with Gasteiger partial charge in [0.1, 0.15) is 17.0 Å². The summed E-state index contributed by atoms with van der Waals surface area (Å²) in [6, 6.07) is 7.24. The first-order chi connectivity index (χ1) is 18.4. The van der Waals surface area contributed by atoms with Crippen LogP contribution in [-0.4, -0.2) is 58.9 Å². The standard InChI is InChI=1S/C25H17ClF4N4O5/c1-33(39-3)22(35)13-10-18-21(31-11-13)20(14-8-7-12(9-17(14)27)24(37)38-2)32-34(18)23(36)19-15(25(28,29)30)5-4-6-16(19)26/h4-11H,1-3H3. The van der Waals surface area contributed by atoms with Gasteiger partial charge in [0.15, 0.2) is 0 Å². The SMILES string of the molecule is COC(=O)c1ccc(-c2nn(C(=O)c3c(Cl)cccc3C(F)(F)F)c3cc(C(=O)N(C)OC)cnc23)c(F)c1. The zero-order valence-corrected chi connectivity index (χ0v) is 21.1. The monoisotopic (exact) mass is 564 g/mol. The number of amides is 1. The molecule has 0 aliphatic carbocycles. The van der Waals surface area contributed by atoms with Crippen LogP contribution in [0.2, 0.25) is 5.02 Å². The minimum Gasteiger partial charge on any atom is -0.465 e. The Hall–Kier alpha value is -4.36. The van der Waals surface area contributed by atoms with E-state index in [2.05, 4.69) is 14.8 Å². The number of methoxy groups -OCH3 is 1. The van der Waals surface area contributed by atoms with Crippen molar-refractivity contribution in [2.24, 2.45) is 0 Å². The van der Waals surface area contributed by atoms with E-state index in [0.29, 0.717) is 10.7 Å². The minimum absolute atomic E-state index is 0.107. The number of fused-ring (bicyclic) bond motifs is 1. The second-order valence-electron chi connectivity index (χ2n) is 7.99. The summed E-state index contributed by atoms with van der Waals surface area (Å²) in [6.07, 6.45) is -3.84. The largest absolute Gasteiger partial charge is 0.465 e. The van der Waals surface area contributed by atoms with E-state index in [9.17, 15) is 27.6 Å². The summed E-state index contributed by atoms with van der Waals surface area (Å²) in [5, 5.41) is 4.44. The van der Waals surface area contributed by atoms with Gasteiger partial charge in [-0.2, -0.15) is 23.0 Å². The molecule has 0 atom stereocenters. The predicted molar refractivity (Wildman–Crippen MR) is 130 cm³/mol. The normalized spacial score (nSPS) is 11.5. The van der Waals surface area contributed by atoms with Crippen molar-refractivity contribution in [2.75, 3.05) is 21.3 Å². The topological polar surface area (TPSA) is 104 Å². The van der Waals surface area contributed by atoms with Crippen LogP contribution >= 0.6 is 11.6 Å². The van der Waals surface area contributed by atoms with E-state index in [0.717, 1.165) is 42.6 Å². The number of nitrogens with zero attached hydrogens (tertiary/aromatic N) is 4. The van der Waals surface area contributed by atoms with Crippen LogP contribution in [0.5, 0.6) is 0 Å². The molecule has 39 heavy (non-hydrogen) atoms. The number of aromatic nitrogens is 3. The number of ether oxygens (including phenoxy) is 1. The van der Waals surface area contributed by atoms with E-state index in [4.69, 9.17) is 16.4 Å². The Morgan fingerprint density at radius 3 is 2.38 bits per heavy atom. The van der Waals surface area contributed by atoms with E-state index >= 15 is 4.39 Å². The molecule has 2 aromatic heterocycles. The number of rotatable bonds is 5. The van der Waals surface area contributed by atoms with Gasteiger partial charge in [0, 0.05) is 18.8 Å². The number of carbonyl (C=O) groups is 3. The molecule has 0 unspecified atom stereocenters. The highest BCUT2D eigenvalue weighted by Gasteiger charge is 2.37. The molecule has 0 spiro atoms. The Labute approximate surface area is 222 Å². The molecule has 0 bridgehead atoms. The molecule has 202 valence electrons. The summed E-state index contributed by atoms with van der Waals surface area (Å²) < 4.78 is 61.6. The Balaban J connectivity index is 2.00. The molecule has 0 aliphatic heterocycles. The number of pyridine rings is 1. The first kappa shape index (κ1) is 27.7. The highest BCUT2D eigenvalue weighted by molar-refractivity contribution is 6.34. The number of hydroxylamine groups is 2. The molecule has 4 aromatic rings. The first-order valence-electron chi connectivity index (χ1n) is 10.9. The summed E-state index contributed by atoms with van der Waals surface area (Å²) in [5.41, 5.74) is -3.26. The maximum absolute atomic E-state index is 15.1. The molecule has 9 nitrogen and oxygen atoms in total. The molecule has 0 radical (unpaired) electrons. The lowest BCUT2D eigenvalue weighted by Gasteiger charge is -2.14. The molecule has 0 saturated heterocycles. The fourth-order valence-electron chi connectivity index (χ4n) is 3.75. The van der Waals surface area contributed by atoms with Crippen molar-refractivity contribution in [1.82, 2.24) is 19.8 Å². The van der Waals surface area contributed by atoms with Crippen LogP contribution in [0.4, 0.5) is 17.6 Å². The number of halogens is 5. The van der Waals surface area contributed by atoms with Gasteiger partial charge in [0.25, 0.3) is 11.8 Å². The van der Waals surface area contributed by atoms with E-state index in [1.807, 2.05) is 0 Å². The minimum atomic E-state index is -4.95. The molecule has 0 fully saturated rings. The highest BCUT2D eigenvalue weighted by atomic mass is 35.5. The van der Waals surface area contributed by atoms with Gasteiger partial charge >= 0.3 is 12.1 Å². The number of benzene rings is 2. The van der Waals surface area contributed by atoms with Gasteiger partial charge < -0.3 is 4.74 Å². The molecule has 14 heteroatoms. The number of hydrogen-bond donors (Lipinski definition) is 0. The van der Waals surface area contributed by atoms with E-state index in [-0.39, 0.29) is 33.4 Å². The van der Waals surface area contributed by atoms with E-state index in [1.54, 1.807) is 0 Å². The van der Waals surface area contributed by atoms with Crippen molar-refractivity contribution >= 4 is 40.4 Å². The van der Waals surface area contributed by atoms with Crippen molar-refractivity contribution < 1.29 is 41.5 Å². The zero-order valence-electron chi connectivity index (χ0n) is 20.3. The molecule has 0 aliphatic rings. The maximum Gasteiger partial charge on any atom is 0.417 e. The van der Waals surface area contributed by atoms with Crippen LogP contribution < -0.4 is 0 Å². The predicted octanol–water partition coefficient (Wildman–Crippen LogP) is 5.02. The van der Waals surface area contributed by atoms with Gasteiger partial charge in [0.2, 0.25) is 0 Å². The third-order valence-corrected chi connectivity index (χ3v) is 6.01. The van der Waals surface area contributed by atoms with Crippen LogP contribution in [-0.2, 0) is 15.8 Å². The fourth-order valence-corrected chi connectivity index (χ4v) is 4.01. The van der Waals surface area contributed by atoms with Crippen LogP contribution in [0.15, 0.2) is 48.7 Å². The van der Waals surface area contributed by atoms with Gasteiger partial charge in [-0.3, -0.25) is 19.4 Å². The van der Waals surface area contributed by atoms with Gasteiger partial charge in [-0.15, -0.1) is 0 Å². The average molecular weight is 565 g/mol. The van der Waals surface area contributed by atoms with E-state index in [1.165, 1.54) is 26.3 Å². The first-order valence-corrected chi connectivity index (χ1v) is 11.3. The number of hydrogen-bond acceptors (Lipinski definition) is 7. The number of carbonyl (C=O) groups excluding carboxylic acids is 3. The third-order valence-electron chi connectivity index (χ3n) is 5.70. The van der Waals surface area contributed by atoms with Crippen LogP contribution in [0.3, 0.4) is 0 Å². The van der Waals surface area contributed by atoms with E-state index < -0.39 is 45.9 Å². The summed E-state index contributed by atoms with van der Waals surface area (Å²) in [5.74, 6) is -3.77. The maximum atomic E-state index is 15.1. The Morgan fingerprint density at radius 2 is 1.77 bits per heavy atom. The van der Waals surface area contributed by atoms with Crippen LogP contribution in [0.1, 0.15) is 36.6 Å². The molecular formula is C25H17ClF4N4O5. The fraction of sp³-hybridized carbons (Fsp3) is 0.160. The van der Waals surface area contributed by atoms with Crippen LogP contribution in [0, 0.1) is 5.82 Å². The molecule has 4 rings (SSSR count). The molecule has 1 amide bonds. The highest BCUT2D eigenvalue weighted by Crippen LogP contribution is 2.37. The number of alkyl halides is 3. The molecule has 2 aromatic carbocycles. The lowest BCUT2D eigenvalue weighted by molar-refractivity contribution is -0.137. The third kappa shape index (κ3) is 5.05. The number of esters is 1. The smallest absolute Gasteiger partial charge is 0.417 e. The van der Waals surface area contributed by atoms with Gasteiger partial charge in [-0.05, 0) is 36.4 Å². The molecule has 0 N–H and O–H groups in total. The van der Waals surface area contributed by atoms with Crippen molar-refractivity contribution in [3.05, 3.63) is 81.8 Å². The van der Waals surface area contributed by atoms with Gasteiger partial charge in [0.05, 0.1) is 47.0 Å². The molecular weight excluding hydrogens is 548 g/mol. The Kier molecular flexibility index (Phi) is 7.39. The Morgan fingerprint density at radius 1 is 1.05 bits per heavy atom. The average Bonchev–Trinajstić information content (AvgIpc) is 3.29. The molecule has 2 heterocycles. The molecule has 0 saturated carbocycles. The zero-order chi connectivity index (χ0) is 28.6. The van der Waals surface area contributed by atoms with Gasteiger partial charge in [-0.1, -0.05) is 17.7 Å². The quantitative estimate of drug-likeness (QED) is 0.190. The summed E-state index contributed by atoms with van der Waals surface area (Å²) in [7, 11) is 3.65. The lowest BCUT2D eigenvalue weighted by atomic mass is 10.1. The van der Waals surface area contributed by atoms with Crippen molar-refractivity contribution in [3.8, 4) is 11.3 Å². The summed E-state index contributed by atoms with van der Waals surface area (Å²) >= 11 is 6.02. The second kappa shape index (κ2) is 10.4. The van der Waals surface area contributed by atoms with Crippen LogP contribution in [0.25, 0.3) is 22.3 Å². The van der Waals surface area contributed by atoms with Crippen molar-refractivity contribution in [2.45, 2.75) is 6.18 Å².